The molecule has 1 aromatic rings. The quantitative estimate of drug-likeness (QED) is 0.666. The van der Waals surface area contributed by atoms with E-state index in [0.29, 0.717) is 5.03 Å². The molecule has 0 spiro atoms. The average molecular weight is 191 g/mol. The highest BCUT2D eigenvalue weighted by atomic mass is 35.5. The minimum Gasteiger partial charge on any atom is -0.272 e. The van der Waals surface area contributed by atoms with E-state index in [4.69, 9.17) is 23.2 Å². The predicted molar refractivity (Wildman–Crippen MR) is 47.6 cm³/mol. The first-order valence-electron chi connectivity index (χ1n) is 3.11. The van der Waals surface area contributed by atoms with E-state index in [0.717, 1.165) is 11.3 Å². The summed E-state index contributed by atoms with van der Waals surface area (Å²) in [7, 11) is 1.86. The summed E-state index contributed by atoms with van der Waals surface area (Å²) in [5, 5.41) is 4.54. The first-order valence-corrected chi connectivity index (χ1v) is 3.93. The molecular formula is C7H8Cl2N2. The summed E-state index contributed by atoms with van der Waals surface area (Å²) in [6.07, 6.45) is 1.69. The van der Waals surface area contributed by atoms with Crippen molar-refractivity contribution in [1.29, 1.82) is 0 Å². The fraction of sp³-hybridized carbons (Fsp3) is 0.286. The SMILES string of the molecule is Cc1c(/C(Cl)=C\Cl)cnn1C. The number of hydrogen-bond acceptors (Lipinski definition) is 1. The van der Waals surface area contributed by atoms with E-state index < -0.39 is 0 Å². The zero-order valence-corrected chi connectivity index (χ0v) is 7.82. The van der Waals surface area contributed by atoms with Crippen molar-refractivity contribution < 1.29 is 0 Å². The second-order valence-corrected chi connectivity index (χ2v) is 2.85. The van der Waals surface area contributed by atoms with Gasteiger partial charge in [-0.2, -0.15) is 5.10 Å². The van der Waals surface area contributed by atoms with Crippen LogP contribution in [0.3, 0.4) is 0 Å². The summed E-state index contributed by atoms with van der Waals surface area (Å²) >= 11 is 11.2. The lowest BCUT2D eigenvalue weighted by Gasteiger charge is -1.95. The Bertz CT molecular complexity index is 289. The fourth-order valence-electron chi connectivity index (χ4n) is 0.792. The van der Waals surface area contributed by atoms with Gasteiger partial charge in [0.15, 0.2) is 0 Å². The van der Waals surface area contributed by atoms with Gasteiger partial charge < -0.3 is 0 Å². The Morgan fingerprint density at radius 1 is 1.73 bits per heavy atom. The Hall–Kier alpha value is -0.470. The maximum atomic E-state index is 5.79. The van der Waals surface area contributed by atoms with Gasteiger partial charge in [-0.25, -0.2) is 0 Å². The summed E-state index contributed by atoms with van der Waals surface area (Å²) in [5.41, 5.74) is 3.22. The molecular weight excluding hydrogens is 183 g/mol. The summed E-state index contributed by atoms with van der Waals surface area (Å²) < 4.78 is 1.75. The lowest BCUT2D eigenvalue weighted by Crippen LogP contribution is -1.92. The molecule has 60 valence electrons. The number of hydrogen-bond donors (Lipinski definition) is 0. The molecule has 1 heterocycles. The lowest BCUT2D eigenvalue weighted by molar-refractivity contribution is 0.740. The van der Waals surface area contributed by atoms with Crippen molar-refractivity contribution in [3.63, 3.8) is 0 Å². The van der Waals surface area contributed by atoms with E-state index in [1.165, 1.54) is 5.54 Å². The number of nitrogens with zero attached hydrogens (tertiary/aromatic N) is 2. The van der Waals surface area contributed by atoms with Gasteiger partial charge in [0.2, 0.25) is 0 Å². The molecule has 0 saturated carbocycles. The monoisotopic (exact) mass is 190 g/mol. The molecule has 0 radical (unpaired) electrons. The molecule has 1 aromatic heterocycles. The number of aromatic nitrogens is 2. The van der Waals surface area contributed by atoms with E-state index in [-0.39, 0.29) is 0 Å². The molecule has 0 aromatic carbocycles. The van der Waals surface area contributed by atoms with Crippen molar-refractivity contribution in [2.45, 2.75) is 6.92 Å². The van der Waals surface area contributed by atoms with Crippen LogP contribution in [0.1, 0.15) is 11.3 Å². The number of aryl methyl sites for hydroxylation is 1. The third-order valence-electron chi connectivity index (χ3n) is 1.59. The molecule has 0 amide bonds. The normalized spacial score (nSPS) is 12.2. The van der Waals surface area contributed by atoms with Crippen molar-refractivity contribution in [1.82, 2.24) is 9.78 Å². The maximum absolute atomic E-state index is 5.79. The highest BCUT2D eigenvalue weighted by molar-refractivity contribution is 6.53. The highest BCUT2D eigenvalue weighted by Crippen LogP contribution is 2.21. The molecule has 0 unspecified atom stereocenters. The Balaban J connectivity index is 3.15. The van der Waals surface area contributed by atoms with Gasteiger partial charge in [0.25, 0.3) is 0 Å². The molecule has 0 fully saturated rings. The van der Waals surface area contributed by atoms with Gasteiger partial charge in [-0.3, -0.25) is 4.68 Å². The molecule has 0 saturated heterocycles. The summed E-state index contributed by atoms with van der Waals surface area (Å²) in [5.74, 6) is 0. The van der Waals surface area contributed by atoms with E-state index >= 15 is 0 Å². The van der Waals surface area contributed by atoms with Crippen molar-refractivity contribution in [3.8, 4) is 0 Å². The van der Waals surface area contributed by atoms with Crippen LogP contribution in [0.4, 0.5) is 0 Å². The van der Waals surface area contributed by atoms with Gasteiger partial charge in [-0.1, -0.05) is 23.2 Å². The van der Waals surface area contributed by atoms with Gasteiger partial charge in [0.05, 0.1) is 11.2 Å². The molecule has 0 aliphatic rings. The Kier molecular flexibility index (Phi) is 2.58. The molecule has 0 aliphatic carbocycles. The molecule has 0 bridgehead atoms. The zero-order chi connectivity index (χ0) is 8.43. The first-order chi connectivity index (χ1) is 5.16. The van der Waals surface area contributed by atoms with Crippen molar-refractivity contribution in [2.24, 2.45) is 7.05 Å². The molecule has 4 heteroatoms. The van der Waals surface area contributed by atoms with Crippen LogP contribution in [-0.2, 0) is 7.05 Å². The van der Waals surface area contributed by atoms with Gasteiger partial charge in [-0.05, 0) is 6.92 Å². The number of halogens is 2. The van der Waals surface area contributed by atoms with Crippen molar-refractivity contribution >= 4 is 28.2 Å². The standard InChI is InChI=1S/C7H8Cl2N2/c1-5-6(7(9)3-8)4-10-11(5)2/h3-4H,1-2H3/b7-3+. The summed E-state index contributed by atoms with van der Waals surface area (Å²) in [6.45, 7) is 1.94. The van der Waals surface area contributed by atoms with Crippen LogP contribution in [0.25, 0.3) is 5.03 Å². The molecule has 11 heavy (non-hydrogen) atoms. The van der Waals surface area contributed by atoms with Gasteiger partial charge in [-0.15, -0.1) is 0 Å². The molecule has 0 aliphatic heterocycles. The third kappa shape index (κ3) is 1.57. The zero-order valence-electron chi connectivity index (χ0n) is 6.31. The molecule has 0 atom stereocenters. The van der Waals surface area contributed by atoms with Gasteiger partial charge >= 0.3 is 0 Å². The second kappa shape index (κ2) is 3.28. The van der Waals surface area contributed by atoms with Crippen LogP contribution in [0, 0.1) is 6.92 Å². The molecule has 1 rings (SSSR count). The number of rotatable bonds is 1. The van der Waals surface area contributed by atoms with Crippen LogP contribution in [0.2, 0.25) is 0 Å². The predicted octanol–water partition coefficient (Wildman–Crippen LogP) is 2.50. The summed E-state index contributed by atoms with van der Waals surface area (Å²) in [6, 6.07) is 0. The first kappa shape index (κ1) is 8.62. The fourth-order valence-corrected chi connectivity index (χ4v) is 1.10. The van der Waals surface area contributed by atoms with Crippen LogP contribution in [0.15, 0.2) is 11.7 Å². The van der Waals surface area contributed by atoms with Gasteiger partial charge in [0, 0.05) is 23.8 Å². The van der Waals surface area contributed by atoms with Crippen LogP contribution in [0.5, 0.6) is 0 Å². The van der Waals surface area contributed by atoms with Crippen LogP contribution >= 0.6 is 23.2 Å². The third-order valence-corrected chi connectivity index (χ3v) is 2.23. The second-order valence-electron chi connectivity index (χ2n) is 2.22. The largest absolute Gasteiger partial charge is 0.272 e. The van der Waals surface area contributed by atoms with E-state index in [2.05, 4.69) is 5.10 Å². The van der Waals surface area contributed by atoms with Gasteiger partial charge in [0.1, 0.15) is 0 Å². The maximum Gasteiger partial charge on any atom is 0.0625 e. The Morgan fingerprint density at radius 3 is 2.73 bits per heavy atom. The van der Waals surface area contributed by atoms with E-state index in [9.17, 15) is 0 Å². The minimum atomic E-state index is 0.525. The Morgan fingerprint density at radius 2 is 2.36 bits per heavy atom. The van der Waals surface area contributed by atoms with Crippen molar-refractivity contribution in [2.75, 3.05) is 0 Å². The molecule has 2 nitrogen and oxygen atoms in total. The topological polar surface area (TPSA) is 17.8 Å². The Labute approximate surface area is 75.4 Å². The van der Waals surface area contributed by atoms with Crippen LogP contribution < -0.4 is 0 Å². The van der Waals surface area contributed by atoms with E-state index in [1.807, 2.05) is 14.0 Å². The summed E-state index contributed by atoms with van der Waals surface area (Å²) in [4.78, 5) is 0. The molecule has 0 N–H and O–H groups in total. The highest BCUT2D eigenvalue weighted by Gasteiger charge is 2.05. The smallest absolute Gasteiger partial charge is 0.0625 e. The van der Waals surface area contributed by atoms with Crippen LogP contribution in [-0.4, -0.2) is 9.78 Å². The lowest BCUT2D eigenvalue weighted by atomic mass is 10.2. The van der Waals surface area contributed by atoms with Crippen molar-refractivity contribution in [3.05, 3.63) is 23.0 Å². The van der Waals surface area contributed by atoms with E-state index in [1.54, 1.807) is 10.9 Å². The average Bonchev–Trinajstić information content (AvgIpc) is 2.32. The minimum absolute atomic E-state index is 0.525.